The predicted octanol–water partition coefficient (Wildman–Crippen LogP) is 4.31. The first kappa shape index (κ1) is 18.0. The molecule has 0 spiro atoms. The smallest absolute Gasteiger partial charge is 0.224 e. The van der Waals surface area contributed by atoms with E-state index < -0.39 is 0 Å². The van der Waals surface area contributed by atoms with Crippen LogP contribution in [0, 0.1) is 5.92 Å². The van der Waals surface area contributed by atoms with Crippen LogP contribution in [-0.2, 0) is 6.42 Å². The Kier molecular flexibility index (Phi) is 4.85. The van der Waals surface area contributed by atoms with Gasteiger partial charge in [0.1, 0.15) is 5.75 Å². The molecule has 0 N–H and O–H groups in total. The maximum Gasteiger partial charge on any atom is 0.224 e. The molecule has 0 aromatic carbocycles. The van der Waals surface area contributed by atoms with Crippen LogP contribution in [0.15, 0.2) is 24.3 Å². The molecule has 0 fully saturated rings. The largest absolute Gasteiger partial charge is 0.491 e. The van der Waals surface area contributed by atoms with Crippen LogP contribution in [-0.4, -0.2) is 29.0 Å². The van der Waals surface area contributed by atoms with Crippen molar-refractivity contribution in [1.82, 2.24) is 9.97 Å². The number of pyridine rings is 2. The normalized spacial score (nSPS) is 19.7. The summed E-state index contributed by atoms with van der Waals surface area (Å²) in [7, 11) is 0. The van der Waals surface area contributed by atoms with E-state index in [9.17, 15) is 4.79 Å². The van der Waals surface area contributed by atoms with Crippen molar-refractivity contribution in [3.8, 4) is 11.6 Å². The fourth-order valence-corrected chi connectivity index (χ4v) is 3.84. The number of aromatic nitrogens is 2. The summed E-state index contributed by atoms with van der Waals surface area (Å²) < 4.78 is 11.5. The summed E-state index contributed by atoms with van der Waals surface area (Å²) in [4.78, 5) is 21.4. The molecule has 5 heteroatoms. The average molecular weight is 366 g/mol. The molecule has 2 aromatic rings. The number of nitrogens with zero attached hydrogens (tertiary/aromatic N) is 2. The summed E-state index contributed by atoms with van der Waals surface area (Å²) in [5.41, 5.74) is 3.76. The molecular formula is C22H26N2O3. The molecule has 4 heterocycles. The number of Topliss-reactive ketones (excluding diaryl/α,β-unsaturated/α-hetero) is 1. The Morgan fingerprint density at radius 3 is 2.70 bits per heavy atom. The van der Waals surface area contributed by atoms with Gasteiger partial charge in [0.25, 0.3) is 0 Å². The van der Waals surface area contributed by atoms with Crippen LogP contribution in [0.25, 0.3) is 0 Å². The third-order valence-electron chi connectivity index (χ3n) is 5.44. The van der Waals surface area contributed by atoms with Crippen LogP contribution in [0.4, 0.5) is 0 Å². The number of carbonyl (C=O) groups is 1. The second kappa shape index (κ2) is 7.29. The number of carbonyl (C=O) groups excluding carboxylic acids is 1. The van der Waals surface area contributed by atoms with Crippen LogP contribution in [0.1, 0.15) is 72.9 Å². The van der Waals surface area contributed by atoms with Gasteiger partial charge in [-0.15, -0.1) is 0 Å². The van der Waals surface area contributed by atoms with Crippen molar-refractivity contribution in [2.45, 2.75) is 51.9 Å². The van der Waals surface area contributed by atoms with Crippen LogP contribution < -0.4 is 9.47 Å². The molecule has 5 nitrogen and oxygen atoms in total. The van der Waals surface area contributed by atoms with E-state index in [1.54, 1.807) is 0 Å². The minimum absolute atomic E-state index is 0.118. The summed E-state index contributed by atoms with van der Waals surface area (Å²) in [6.45, 7) is 7.62. The first-order chi connectivity index (χ1) is 13.0. The number of hydrogen-bond acceptors (Lipinski definition) is 5. The van der Waals surface area contributed by atoms with Crippen molar-refractivity contribution in [1.29, 1.82) is 0 Å². The van der Waals surface area contributed by atoms with Crippen molar-refractivity contribution >= 4 is 5.78 Å². The topological polar surface area (TPSA) is 61.3 Å². The third-order valence-corrected chi connectivity index (χ3v) is 5.44. The maximum atomic E-state index is 11.9. The Balaban J connectivity index is 1.47. The summed E-state index contributed by atoms with van der Waals surface area (Å²) in [6.07, 6.45) is 2.33. The van der Waals surface area contributed by atoms with Crippen LogP contribution in [0.5, 0.6) is 11.6 Å². The van der Waals surface area contributed by atoms with Gasteiger partial charge in [0.2, 0.25) is 5.88 Å². The quantitative estimate of drug-likeness (QED) is 0.807. The third kappa shape index (κ3) is 3.68. The highest BCUT2D eigenvalue weighted by Crippen LogP contribution is 2.33. The lowest BCUT2D eigenvalue weighted by Crippen LogP contribution is -2.24. The van der Waals surface area contributed by atoms with Crippen molar-refractivity contribution in [3.63, 3.8) is 0 Å². The van der Waals surface area contributed by atoms with Crippen LogP contribution in [0.3, 0.4) is 0 Å². The van der Waals surface area contributed by atoms with Gasteiger partial charge in [-0.2, -0.15) is 0 Å². The Morgan fingerprint density at radius 2 is 1.89 bits per heavy atom. The summed E-state index contributed by atoms with van der Waals surface area (Å²) >= 11 is 0. The van der Waals surface area contributed by atoms with Gasteiger partial charge < -0.3 is 9.47 Å². The Hall–Kier alpha value is -2.43. The monoisotopic (exact) mass is 366 g/mol. The van der Waals surface area contributed by atoms with Crippen molar-refractivity contribution < 1.29 is 14.3 Å². The molecule has 2 aromatic heterocycles. The molecule has 0 radical (unpaired) electrons. The maximum absolute atomic E-state index is 11.9. The van der Waals surface area contributed by atoms with Gasteiger partial charge in [0.15, 0.2) is 5.78 Å². The molecule has 2 aliphatic rings. The molecule has 0 saturated heterocycles. The zero-order valence-electron chi connectivity index (χ0n) is 16.2. The number of rotatable bonds is 4. The van der Waals surface area contributed by atoms with E-state index in [1.165, 1.54) is 0 Å². The van der Waals surface area contributed by atoms with Crippen LogP contribution >= 0.6 is 0 Å². The summed E-state index contributed by atoms with van der Waals surface area (Å²) in [5.74, 6) is 2.61. The summed E-state index contributed by atoms with van der Waals surface area (Å²) in [6, 6.07) is 7.93. The molecule has 2 atom stereocenters. The molecule has 0 bridgehead atoms. The van der Waals surface area contributed by atoms with Gasteiger partial charge >= 0.3 is 0 Å². The highest BCUT2D eigenvalue weighted by Gasteiger charge is 2.26. The average Bonchev–Trinajstić information content (AvgIpc) is 2.67. The van der Waals surface area contributed by atoms with Gasteiger partial charge in [0, 0.05) is 17.8 Å². The van der Waals surface area contributed by atoms with Crippen molar-refractivity contribution in [2.75, 3.05) is 13.2 Å². The molecule has 0 aliphatic carbocycles. The Morgan fingerprint density at radius 1 is 1.07 bits per heavy atom. The van der Waals surface area contributed by atoms with Gasteiger partial charge in [-0.25, -0.2) is 4.98 Å². The lowest BCUT2D eigenvalue weighted by atomic mass is 9.88. The highest BCUT2D eigenvalue weighted by atomic mass is 16.5. The van der Waals surface area contributed by atoms with Gasteiger partial charge in [-0.1, -0.05) is 20.8 Å². The van der Waals surface area contributed by atoms with Crippen molar-refractivity contribution in [2.24, 2.45) is 5.92 Å². The molecule has 142 valence electrons. The minimum atomic E-state index is 0.118. The molecule has 4 rings (SSSR count). The van der Waals surface area contributed by atoms with Gasteiger partial charge in [-0.3, -0.25) is 9.78 Å². The molecule has 0 amide bonds. The fourth-order valence-electron chi connectivity index (χ4n) is 3.84. The second-order valence-electron chi connectivity index (χ2n) is 7.96. The van der Waals surface area contributed by atoms with E-state index >= 15 is 0 Å². The predicted molar refractivity (Wildman–Crippen MR) is 103 cm³/mol. The van der Waals surface area contributed by atoms with Gasteiger partial charge in [0.05, 0.1) is 24.5 Å². The SMILES string of the molecule is CC(C)c1ccc2c(n1)CC(CC(C)c1ccc3c(n1)OCCC3=O)CO2. The van der Waals surface area contributed by atoms with E-state index in [4.69, 9.17) is 14.5 Å². The van der Waals surface area contributed by atoms with E-state index in [2.05, 4.69) is 37.9 Å². The molecule has 27 heavy (non-hydrogen) atoms. The number of fused-ring (bicyclic) bond motifs is 2. The van der Waals surface area contributed by atoms with E-state index in [1.807, 2.05) is 12.1 Å². The second-order valence-corrected chi connectivity index (χ2v) is 7.96. The lowest BCUT2D eigenvalue weighted by Gasteiger charge is -2.27. The number of ether oxygens (including phenoxy) is 2. The Labute approximate surface area is 160 Å². The van der Waals surface area contributed by atoms with Crippen LogP contribution in [0.2, 0.25) is 0 Å². The number of ketones is 1. The molecule has 2 aliphatic heterocycles. The summed E-state index contributed by atoms with van der Waals surface area (Å²) in [5, 5.41) is 0. The minimum Gasteiger partial charge on any atom is -0.491 e. The van der Waals surface area contributed by atoms with E-state index in [0.717, 1.165) is 35.7 Å². The fraction of sp³-hybridized carbons (Fsp3) is 0.500. The van der Waals surface area contributed by atoms with Gasteiger partial charge in [-0.05, 0) is 54.9 Å². The zero-order valence-corrected chi connectivity index (χ0v) is 16.2. The number of hydrogen-bond donors (Lipinski definition) is 0. The van der Waals surface area contributed by atoms with E-state index in [-0.39, 0.29) is 11.7 Å². The molecule has 0 saturated carbocycles. The zero-order chi connectivity index (χ0) is 19.0. The Bertz CT molecular complexity index is 863. The highest BCUT2D eigenvalue weighted by molar-refractivity contribution is 5.99. The lowest BCUT2D eigenvalue weighted by molar-refractivity contribution is 0.0929. The first-order valence-electron chi connectivity index (χ1n) is 9.81. The molecule has 2 unspecified atom stereocenters. The molecular weight excluding hydrogens is 340 g/mol. The first-order valence-corrected chi connectivity index (χ1v) is 9.81. The standard InChI is InChI=1S/C22H26N2O3/c1-13(2)17-6-7-21-19(23-17)11-15(12-27-21)10-14(3)18-5-4-16-20(25)8-9-26-22(16)24-18/h4-7,13-15H,8-12H2,1-3H3. The van der Waals surface area contributed by atoms with Crippen molar-refractivity contribution in [3.05, 3.63) is 46.9 Å². The van der Waals surface area contributed by atoms with E-state index in [0.29, 0.717) is 42.9 Å².